The summed E-state index contributed by atoms with van der Waals surface area (Å²) in [5.41, 5.74) is -0.798. The number of nitrogens with one attached hydrogen (secondary N) is 1. The fourth-order valence-electron chi connectivity index (χ4n) is 3.32. The lowest BCUT2D eigenvalue weighted by atomic mass is 9.76. The maximum atomic E-state index is 12.5. The summed E-state index contributed by atoms with van der Waals surface area (Å²) in [6, 6.07) is 0. The molecular weight excluding hydrogens is 328 g/mol. The number of nitrogens with zero attached hydrogens (tertiary/aromatic N) is 1. The normalized spacial score (nSPS) is 27.8. The molecule has 24 heavy (non-hydrogen) atoms. The number of hydrogen-bond acceptors (Lipinski definition) is 5. The number of aromatic nitrogens is 2. The van der Waals surface area contributed by atoms with E-state index in [2.05, 4.69) is 25.8 Å². The third-order valence-electron chi connectivity index (χ3n) is 4.38. The number of ether oxygens (including phenoxy) is 1. The summed E-state index contributed by atoms with van der Waals surface area (Å²) in [6.45, 7) is 11.7. The average molecular weight is 356 g/mol. The molecule has 2 rings (SSSR count). The molecular formula is C16H28N2O5Si. The highest BCUT2D eigenvalue weighted by molar-refractivity contribution is 6.48. The summed E-state index contributed by atoms with van der Waals surface area (Å²) in [4.78, 5) is 26.6. The van der Waals surface area contributed by atoms with Gasteiger partial charge in [0.1, 0.15) is 0 Å². The Morgan fingerprint density at radius 3 is 2.58 bits per heavy atom. The fraction of sp³-hybridized carbons (Fsp3) is 0.750. The Hall–Kier alpha value is -1.22. The van der Waals surface area contributed by atoms with Gasteiger partial charge in [0, 0.05) is 17.7 Å². The van der Waals surface area contributed by atoms with Gasteiger partial charge in [-0.15, -0.1) is 0 Å². The Kier molecular flexibility index (Phi) is 5.24. The molecule has 3 atom stereocenters. The zero-order chi connectivity index (χ0) is 18.3. The summed E-state index contributed by atoms with van der Waals surface area (Å²) < 4.78 is 13.8. The number of rotatable bonds is 4. The largest absolute Gasteiger partial charge is 0.394 e. The molecule has 1 saturated heterocycles. The Morgan fingerprint density at radius 1 is 1.46 bits per heavy atom. The molecule has 0 bridgehead atoms. The fourth-order valence-corrected chi connectivity index (χ4v) is 4.33. The lowest BCUT2D eigenvalue weighted by Crippen LogP contribution is -2.54. The van der Waals surface area contributed by atoms with Gasteiger partial charge in [0.05, 0.1) is 12.7 Å². The van der Waals surface area contributed by atoms with Crippen molar-refractivity contribution in [2.45, 2.75) is 59.2 Å². The molecule has 0 spiro atoms. The van der Waals surface area contributed by atoms with Gasteiger partial charge in [-0.1, -0.05) is 20.8 Å². The van der Waals surface area contributed by atoms with E-state index in [-0.39, 0.29) is 17.9 Å². The SMILES string of the molecule is Cc1cn([C@]2(O[SiH](C)C)O[C@H](CO)CC2C(C)(C)C)c(=O)[nH]c1=O. The minimum Gasteiger partial charge on any atom is -0.394 e. The van der Waals surface area contributed by atoms with Crippen molar-refractivity contribution >= 4 is 9.04 Å². The van der Waals surface area contributed by atoms with Gasteiger partial charge in [-0.25, -0.2) is 9.36 Å². The van der Waals surface area contributed by atoms with Gasteiger partial charge in [0.15, 0.2) is 9.04 Å². The zero-order valence-electron chi connectivity index (χ0n) is 15.3. The predicted octanol–water partition coefficient (Wildman–Crippen LogP) is 0.899. The van der Waals surface area contributed by atoms with Crippen LogP contribution in [0.15, 0.2) is 15.8 Å². The molecule has 7 nitrogen and oxygen atoms in total. The third kappa shape index (κ3) is 3.42. The molecule has 1 fully saturated rings. The number of aryl methyl sites for hydroxylation is 1. The van der Waals surface area contributed by atoms with Crippen LogP contribution >= 0.6 is 0 Å². The van der Waals surface area contributed by atoms with Crippen LogP contribution in [0.1, 0.15) is 32.8 Å². The minimum absolute atomic E-state index is 0.144. The molecule has 0 amide bonds. The molecule has 1 aromatic heterocycles. The highest BCUT2D eigenvalue weighted by atomic mass is 28.3. The standard InChI is InChI=1S/C16H28N2O5Si/c1-10-8-18(14(21)17-13(10)20)16(23-24(5)6)12(15(2,3)4)7-11(9-19)22-16/h8,11-12,19,24H,7,9H2,1-6H3,(H,17,20,21)/t11-,12?,16-/m0/s1. The Bertz CT molecular complexity index is 706. The number of aliphatic hydroxyl groups excluding tert-OH is 1. The molecule has 0 aliphatic carbocycles. The zero-order valence-corrected chi connectivity index (χ0v) is 16.4. The lowest BCUT2D eigenvalue weighted by Gasteiger charge is -2.42. The van der Waals surface area contributed by atoms with E-state index in [0.29, 0.717) is 12.0 Å². The van der Waals surface area contributed by atoms with Crippen LogP contribution in [0.2, 0.25) is 13.1 Å². The number of hydrogen-bond donors (Lipinski definition) is 2. The van der Waals surface area contributed by atoms with E-state index >= 15 is 0 Å². The van der Waals surface area contributed by atoms with Crippen molar-refractivity contribution in [2.24, 2.45) is 11.3 Å². The van der Waals surface area contributed by atoms with Gasteiger partial charge in [0.25, 0.3) is 11.5 Å². The molecule has 0 saturated carbocycles. The Morgan fingerprint density at radius 2 is 2.08 bits per heavy atom. The maximum Gasteiger partial charge on any atom is 0.332 e. The van der Waals surface area contributed by atoms with E-state index < -0.39 is 32.3 Å². The van der Waals surface area contributed by atoms with Crippen molar-refractivity contribution in [1.29, 1.82) is 0 Å². The molecule has 0 aromatic carbocycles. The van der Waals surface area contributed by atoms with Crippen molar-refractivity contribution in [3.8, 4) is 0 Å². The smallest absolute Gasteiger partial charge is 0.332 e. The summed E-state index contributed by atoms with van der Waals surface area (Å²) in [5.74, 6) is -1.46. The first kappa shape index (κ1) is 19.1. The van der Waals surface area contributed by atoms with Crippen molar-refractivity contribution in [3.63, 3.8) is 0 Å². The first-order valence-electron chi connectivity index (χ1n) is 8.31. The Balaban J connectivity index is 2.72. The van der Waals surface area contributed by atoms with Gasteiger partial charge in [0.2, 0.25) is 0 Å². The van der Waals surface area contributed by atoms with E-state index in [0.717, 1.165) is 0 Å². The van der Waals surface area contributed by atoms with Gasteiger partial charge < -0.3 is 14.3 Å². The molecule has 0 radical (unpaired) electrons. The van der Waals surface area contributed by atoms with E-state index in [1.54, 1.807) is 6.92 Å². The first-order valence-corrected chi connectivity index (χ1v) is 11.1. The maximum absolute atomic E-state index is 12.5. The van der Waals surface area contributed by atoms with Crippen LogP contribution in [0.25, 0.3) is 0 Å². The summed E-state index contributed by atoms with van der Waals surface area (Å²) in [7, 11) is -1.62. The average Bonchev–Trinajstić information content (AvgIpc) is 2.81. The number of aromatic amines is 1. The van der Waals surface area contributed by atoms with Crippen LogP contribution in [0.4, 0.5) is 0 Å². The molecule has 8 heteroatoms. The second kappa shape index (κ2) is 6.59. The van der Waals surface area contributed by atoms with Crippen LogP contribution in [0, 0.1) is 18.3 Å². The van der Waals surface area contributed by atoms with Crippen molar-refractivity contribution in [3.05, 3.63) is 32.6 Å². The summed E-state index contributed by atoms with van der Waals surface area (Å²) in [5, 5.41) is 9.62. The van der Waals surface area contributed by atoms with E-state index in [1.165, 1.54) is 10.8 Å². The molecule has 1 unspecified atom stereocenters. The Labute approximate surface area is 143 Å². The molecule has 1 aromatic rings. The van der Waals surface area contributed by atoms with Gasteiger partial charge in [-0.2, -0.15) is 0 Å². The van der Waals surface area contributed by atoms with Crippen LogP contribution in [0.3, 0.4) is 0 Å². The lowest BCUT2D eigenvalue weighted by molar-refractivity contribution is -0.275. The van der Waals surface area contributed by atoms with E-state index in [1.807, 2.05) is 13.1 Å². The highest BCUT2D eigenvalue weighted by Gasteiger charge is 2.56. The monoisotopic (exact) mass is 356 g/mol. The topological polar surface area (TPSA) is 93.6 Å². The second-order valence-electron chi connectivity index (χ2n) is 7.82. The second-order valence-corrected chi connectivity index (χ2v) is 10.1. The predicted molar refractivity (Wildman–Crippen MR) is 93.5 cm³/mol. The molecule has 136 valence electrons. The van der Waals surface area contributed by atoms with Crippen LogP contribution in [-0.2, 0) is 15.1 Å². The molecule has 2 heterocycles. The number of aliphatic hydroxyl groups is 1. The quantitative estimate of drug-likeness (QED) is 0.782. The van der Waals surface area contributed by atoms with Gasteiger partial charge in [-0.3, -0.25) is 9.78 Å². The molecule has 1 aliphatic heterocycles. The van der Waals surface area contributed by atoms with Gasteiger partial charge >= 0.3 is 5.69 Å². The summed E-state index contributed by atoms with van der Waals surface area (Å²) in [6.07, 6.45) is 1.66. The minimum atomic E-state index is -1.62. The van der Waals surface area contributed by atoms with Crippen LogP contribution in [-0.4, -0.2) is 36.4 Å². The van der Waals surface area contributed by atoms with Crippen molar-refractivity contribution in [2.75, 3.05) is 6.61 Å². The van der Waals surface area contributed by atoms with Gasteiger partial charge in [-0.05, 0) is 31.9 Å². The summed E-state index contributed by atoms with van der Waals surface area (Å²) >= 11 is 0. The van der Waals surface area contributed by atoms with E-state index in [9.17, 15) is 14.7 Å². The molecule has 1 aliphatic rings. The van der Waals surface area contributed by atoms with Crippen LogP contribution in [0.5, 0.6) is 0 Å². The number of H-pyrrole nitrogens is 1. The molecule has 2 N–H and O–H groups in total. The van der Waals surface area contributed by atoms with Crippen molar-refractivity contribution in [1.82, 2.24) is 9.55 Å². The first-order chi connectivity index (χ1) is 11.0. The van der Waals surface area contributed by atoms with E-state index in [4.69, 9.17) is 9.16 Å². The van der Waals surface area contributed by atoms with Crippen molar-refractivity contribution < 1.29 is 14.3 Å². The highest BCUT2D eigenvalue weighted by Crippen LogP contribution is 2.49. The third-order valence-corrected chi connectivity index (χ3v) is 5.19. The van der Waals surface area contributed by atoms with Crippen LogP contribution < -0.4 is 11.2 Å².